The molecule has 0 unspecified atom stereocenters. The zero-order valence-corrected chi connectivity index (χ0v) is 8.20. The van der Waals surface area contributed by atoms with Gasteiger partial charge in [0.1, 0.15) is 0 Å². The molecule has 0 atom stereocenters. The summed E-state index contributed by atoms with van der Waals surface area (Å²) in [6, 6.07) is 0. The minimum atomic E-state index is -0.955. The zero-order valence-electron chi connectivity index (χ0n) is 8.20. The van der Waals surface area contributed by atoms with E-state index in [0.717, 1.165) is 19.3 Å². The van der Waals surface area contributed by atoms with Crippen LogP contribution in [0, 0.1) is 0 Å². The predicted octanol–water partition coefficient (Wildman–Crippen LogP) is 1.19. The van der Waals surface area contributed by atoms with Gasteiger partial charge in [-0.3, -0.25) is 0 Å². The van der Waals surface area contributed by atoms with E-state index in [4.69, 9.17) is 9.47 Å². The van der Waals surface area contributed by atoms with Crippen LogP contribution < -0.4 is 0 Å². The lowest BCUT2D eigenvalue weighted by molar-refractivity contribution is -0.196. The first-order valence-electron chi connectivity index (χ1n) is 5.22. The largest absolute Gasteiger partial charge is 0.479 e. The van der Waals surface area contributed by atoms with Gasteiger partial charge in [0, 0.05) is 26.1 Å². The lowest BCUT2D eigenvalue weighted by Gasteiger charge is -2.39. The molecule has 2 rings (SSSR count). The standard InChI is InChI=1S/C10H16O4/c11-9(12)10(4-6-13-7-5-10)14-8-2-1-3-8/h8H,1-7H2,(H,11,12). The van der Waals surface area contributed by atoms with E-state index in [0.29, 0.717) is 26.1 Å². The monoisotopic (exact) mass is 200 g/mol. The van der Waals surface area contributed by atoms with Crippen molar-refractivity contribution < 1.29 is 19.4 Å². The highest BCUT2D eigenvalue weighted by Crippen LogP contribution is 2.33. The molecule has 0 bridgehead atoms. The predicted molar refractivity (Wildman–Crippen MR) is 49.1 cm³/mol. The van der Waals surface area contributed by atoms with E-state index in [1.165, 1.54) is 0 Å². The Labute approximate surface area is 83.2 Å². The Hall–Kier alpha value is -0.610. The number of carbonyl (C=O) groups is 1. The van der Waals surface area contributed by atoms with Gasteiger partial charge in [-0.25, -0.2) is 4.79 Å². The average molecular weight is 200 g/mol. The number of carboxylic acid groups (broad SMARTS) is 1. The quantitative estimate of drug-likeness (QED) is 0.743. The van der Waals surface area contributed by atoms with E-state index in [9.17, 15) is 9.90 Å². The van der Waals surface area contributed by atoms with Crippen molar-refractivity contribution in [2.75, 3.05) is 13.2 Å². The molecule has 0 aromatic heterocycles. The lowest BCUT2D eigenvalue weighted by Crippen LogP contribution is -2.49. The van der Waals surface area contributed by atoms with Gasteiger partial charge < -0.3 is 14.6 Å². The van der Waals surface area contributed by atoms with Crippen LogP contribution in [-0.2, 0) is 14.3 Å². The molecule has 1 saturated heterocycles. The first-order chi connectivity index (χ1) is 6.73. The second kappa shape index (κ2) is 3.87. The Bertz CT molecular complexity index is 216. The molecule has 0 aromatic carbocycles. The van der Waals surface area contributed by atoms with Crippen molar-refractivity contribution in [2.24, 2.45) is 0 Å². The van der Waals surface area contributed by atoms with Crippen LogP contribution in [0.2, 0.25) is 0 Å². The van der Waals surface area contributed by atoms with Crippen molar-refractivity contribution >= 4 is 5.97 Å². The summed E-state index contributed by atoms with van der Waals surface area (Å²) in [5.41, 5.74) is -0.955. The molecule has 2 aliphatic rings. The Morgan fingerprint density at radius 3 is 2.43 bits per heavy atom. The Morgan fingerprint density at radius 1 is 1.36 bits per heavy atom. The number of rotatable bonds is 3. The first kappa shape index (κ1) is 9.93. The first-order valence-corrected chi connectivity index (χ1v) is 5.22. The van der Waals surface area contributed by atoms with Crippen molar-refractivity contribution in [1.82, 2.24) is 0 Å². The molecule has 1 heterocycles. The molecule has 1 aliphatic heterocycles. The minimum absolute atomic E-state index is 0.171. The van der Waals surface area contributed by atoms with Gasteiger partial charge in [0.15, 0.2) is 5.60 Å². The van der Waals surface area contributed by atoms with E-state index in [1.54, 1.807) is 0 Å². The molecule has 0 amide bonds. The number of hydrogen-bond donors (Lipinski definition) is 1. The fraction of sp³-hybridized carbons (Fsp3) is 0.900. The minimum Gasteiger partial charge on any atom is -0.479 e. The van der Waals surface area contributed by atoms with Gasteiger partial charge in [0.05, 0.1) is 6.10 Å². The molecule has 0 spiro atoms. The second-order valence-corrected chi connectivity index (χ2v) is 4.08. The molecule has 0 radical (unpaired) electrons. The van der Waals surface area contributed by atoms with Crippen molar-refractivity contribution in [3.8, 4) is 0 Å². The Kier molecular flexibility index (Phi) is 2.74. The SMILES string of the molecule is O=C(O)C1(OC2CCC2)CCOCC1. The van der Waals surface area contributed by atoms with Crippen LogP contribution in [0.5, 0.6) is 0 Å². The molecule has 2 fully saturated rings. The van der Waals surface area contributed by atoms with Crippen LogP contribution in [0.15, 0.2) is 0 Å². The van der Waals surface area contributed by atoms with Gasteiger partial charge in [-0.05, 0) is 19.3 Å². The molecule has 1 aliphatic carbocycles. The molecule has 14 heavy (non-hydrogen) atoms. The van der Waals surface area contributed by atoms with Crippen LogP contribution in [0.1, 0.15) is 32.1 Å². The van der Waals surface area contributed by atoms with Crippen molar-refractivity contribution in [1.29, 1.82) is 0 Å². The van der Waals surface area contributed by atoms with Crippen LogP contribution in [0.25, 0.3) is 0 Å². The van der Waals surface area contributed by atoms with E-state index < -0.39 is 11.6 Å². The molecule has 0 aromatic rings. The van der Waals surface area contributed by atoms with Gasteiger partial charge in [-0.1, -0.05) is 0 Å². The smallest absolute Gasteiger partial charge is 0.336 e. The third-order valence-corrected chi connectivity index (χ3v) is 3.13. The molecule has 4 heteroatoms. The maximum Gasteiger partial charge on any atom is 0.336 e. The number of aliphatic carboxylic acids is 1. The summed E-state index contributed by atoms with van der Waals surface area (Å²) in [7, 11) is 0. The molecule has 1 N–H and O–H groups in total. The molecular weight excluding hydrogens is 184 g/mol. The summed E-state index contributed by atoms with van der Waals surface area (Å²) < 4.78 is 10.9. The van der Waals surface area contributed by atoms with Crippen molar-refractivity contribution in [3.05, 3.63) is 0 Å². The second-order valence-electron chi connectivity index (χ2n) is 4.08. The van der Waals surface area contributed by atoms with E-state index in [-0.39, 0.29) is 6.10 Å². The highest BCUT2D eigenvalue weighted by molar-refractivity contribution is 5.77. The number of carboxylic acids is 1. The summed E-state index contributed by atoms with van der Waals surface area (Å²) >= 11 is 0. The van der Waals surface area contributed by atoms with Gasteiger partial charge >= 0.3 is 5.97 Å². The van der Waals surface area contributed by atoms with E-state index >= 15 is 0 Å². The van der Waals surface area contributed by atoms with Gasteiger partial charge in [0.2, 0.25) is 0 Å². The third-order valence-electron chi connectivity index (χ3n) is 3.13. The van der Waals surface area contributed by atoms with Crippen LogP contribution >= 0.6 is 0 Å². The Morgan fingerprint density at radius 2 is 2.00 bits per heavy atom. The normalized spacial score (nSPS) is 26.9. The Balaban J connectivity index is 2.00. The highest BCUT2D eigenvalue weighted by Gasteiger charge is 2.44. The van der Waals surface area contributed by atoms with Crippen molar-refractivity contribution in [3.63, 3.8) is 0 Å². The third kappa shape index (κ3) is 1.77. The van der Waals surface area contributed by atoms with Gasteiger partial charge in [-0.2, -0.15) is 0 Å². The zero-order chi connectivity index (χ0) is 10.0. The summed E-state index contributed by atoms with van der Waals surface area (Å²) in [4.78, 5) is 11.2. The summed E-state index contributed by atoms with van der Waals surface area (Å²) in [6.07, 6.45) is 4.32. The summed E-state index contributed by atoms with van der Waals surface area (Å²) in [5, 5.41) is 9.18. The van der Waals surface area contributed by atoms with Crippen molar-refractivity contribution in [2.45, 2.75) is 43.8 Å². The average Bonchev–Trinajstić information content (AvgIpc) is 2.13. The van der Waals surface area contributed by atoms with Crippen LogP contribution in [0.4, 0.5) is 0 Å². The van der Waals surface area contributed by atoms with Crippen LogP contribution in [-0.4, -0.2) is 36.0 Å². The van der Waals surface area contributed by atoms with Gasteiger partial charge in [-0.15, -0.1) is 0 Å². The van der Waals surface area contributed by atoms with Crippen LogP contribution in [0.3, 0.4) is 0 Å². The van der Waals surface area contributed by atoms with E-state index in [1.807, 2.05) is 0 Å². The fourth-order valence-electron chi connectivity index (χ4n) is 1.89. The molecular formula is C10H16O4. The fourth-order valence-corrected chi connectivity index (χ4v) is 1.89. The number of ether oxygens (including phenoxy) is 2. The maximum atomic E-state index is 11.2. The maximum absolute atomic E-state index is 11.2. The van der Waals surface area contributed by atoms with Gasteiger partial charge in [0.25, 0.3) is 0 Å². The molecule has 80 valence electrons. The number of hydrogen-bond acceptors (Lipinski definition) is 3. The topological polar surface area (TPSA) is 55.8 Å². The summed E-state index contributed by atoms with van der Waals surface area (Å²) in [5.74, 6) is -0.826. The molecule has 4 nitrogen and oxygen atoms in total. The lowest BCUT2D eigenvalue weighted by atomic mass is 9.90. The summed E-state index contributed by atoms with van der Waals surface area (Å²) in [6.45, 7) is 0.998. The molecule has 1 saturated carbocycles. The van der Waals surface area contributed by atoms with E-state index in [2.05, 4.69) is 0 Å². The highest BCUT2D eigenvalue weighted by atomic mass is 16.5.